The molecule has 3 aromatic heterocycles. The Bertz CT molecular complexity index is 3120. The molecule has 11 aromatic rings. The molecule has 0 aliphatic rings. The monoisotopic (exact) mass is 716 g/mol. The Labute approximate surface area is 322 Å². The van der Waals surface area contributed by atoms with Gasteiger partial charge in [-0.3, -0.25) is 0 Å². The zero-order valence-electron chi connectivity index (χ0n) is 30.2. The van der Waals surface area contributed by atoms with Crippen LogP contribution < -0.4 is 0 Å². The summed E-state index contributed by atoms with van der Waals surface area (Å²) in [7, 11) is 0. The molecule has 11 rings (SSSR count). The molecule has 0 saturated carbocycles. The fourth-order valence-corrected chi connectivity index (χ4v) is 7.98. The van der Waals surface area contributed by atoms with E-state index < -0.39 is 0 Å². The molecule has 0 aliphatic heterocycles. The number of benzene rings is 8. The van der Waals surface area contributed by atoms with E-state index in [9.17, 15) is 0 Å². The fraction of sp³-hybridized carbons (Fsp3) is 0. The third-order valence-corrected chi connectivity index (χ3v) is 10.7. The van der Waals surface area contributed by atoms with Crippen LogP contribution in [0.15, 0.2) is 199 Å². The minimum atomic E-state index is 0.619. The van der Waals surface area contributed by atoms with E-state index in [4.69, 9.17) is 19.4 Å². The molecular formula is C51H32N4O. The van der Waals surface area contributed by atoms with Crippen LogP contribution in [0.25, 0.3) is 106 Å². The highest BCUT2D eigenvalue weighted by Crippen LogP contribution is 2.40. The molecule has 5 nitrogen and oxygen atoms in total. The molecule has 0 fully saturated rings. The van der Waals surface area contributed by atoms with Gasteiger partial charge in [0.1, 0.15) is 11.2 Å². The highest BCUT2D eigenvalue weighted by Gasteiger charge is 2.20. The third-order valence-electron chi connectivity index (χ3n) is 10.7. The van der Waals surface area contributed by atoms with Gasteiger partial charge in [0.25, 0.3) is 0 Å². The van der Waals surface area contributed by atoms with Crippen LogP contribution >= 0.6 is 0 Å². The van der Waals surface area contributed by atoms with E-state index in [0.717, 1.165) is 88.4 Å². The summed E-state index contributed by atoms with van der Waals surface area (Å²) in [4.78, 5) is 15.6. The largest absolute Gasteiger partial charge is 0.456 e. The highest BCUT2D eigenvalue weighted by molar-refractivity contribution is 6.15. The average molecular weight is 717 g/mol. The van der Waals surface area contributed by atoms with E-state index in [1.807, 2.05) is 24.3 Å². The molecule has 0 spiro atoms. The van der Waals surface area contributed by atoms with Gasteiger partial charge in [-0.2, -0.15) is 0 Å². The van der Waals surface area contributed by atoms with Gasteiger partial charge in [0.15, 0.2) is 17.5 Å². The van der Waals surface area contributed by atoms with Gasteiger partial charge in [-0.05, 0) is 58.7 Å². The summed E-state index contributed by atoms with van der Waals surface area (Å²) in [5, 5.41) is 4.40. The standard InChI is InChI=1S/C51H32N4O/c1-3-12-33(13-4-1)35-22-26-37(27-23-35)49-52-50(38-28-24-36(25-29-38)34-14-5-2-6-15-34)54-51(53-49)42-18-11-20-45-48(42)41-17-7-9-19-44(41)55(45)39-30-31-47-43(32-39)40-16-8-10-21-46(40)56-47/h1-32H. The maximum Gasteiger partial charge on any atom is 0.164 e. The summed E-state index contributed by atoms with van der Waals surface area (Å²) in [5.41, 5.74) is 12.4. The number of hydrogen-bond acceptors (Lipinski definition) is 4. The number of hydrogen-bond donors (Lipinski definition) is 0. The van der Waals surface area contributed by atoms with Crippen molar-refractivity contribution in [3.05, 3.63) is 194 Å². The first-order chi connectivity index (χ1) is 27.7. The molecule has 5 heteroatoms. The van der Waals surface area contributed by atoms with Crippen molar-refractivity contribution in [2.24, 2.45) is 0 Å². The zero-order valence-corrected chi connectivity index (χ0v) is 30.2. The molecule has 56 heavy (non-hydrogen) atoms. The van der Waals surface area contributed by atoms with E-state index in [2.05, 4.69) is 174 Å². The van der Waals surface area contributed by atoms with Crippen LogP contribution in [-0.4, -0.2) is 19.5 Å². The summed E-state index contributed by atoms with van der Waals surface area (Å²) < 4.78 is 8.53. The van der Waals surface area contributed by atoms with E-state index in [1.165, 1.54) is 0 Å². The van der Waals surface area contributed by atoms with Crippen LogP contribution in [-0.2, 0) is 0 Å². The van der Waals surface area contributed by atoms with Crippen LogP contribution in [0.1, 0.15) is 0 Å². The van der Waals surface area contributed by atoms with Gasteiger partial charge in [0.2, 0.25) is 0 Å². The van der Waals surface area contributed by atoms with Crippen molar-refractivity contribution in [3.8, 4) is 62.1 Å². The predicted molar refractivity (Wildman–Crippen MR) is 229 cm³/mol. The molecule has 3 heterocycles. The highest BCUT2D eigenvalue weighted by atomic mass is 16.3. The molecular weight excluding hydrogens is 685 g/mol. The number of rotatable bonds is 6. The second-order valence-electron chi connectivity index (χ2n) is 14.0. The van der Waals surface area contributed by atoms with Gasteiger partial charge >= 0.3 is 0 Å². The van der Waals surface area contributed by atoms with Crippen molar-refractivity contribution in [1.29, 1.82) is 0 Å². The van der Waals surface area contributed by atoms with Crippen molar-refractivity contribution in [3.63, 3.8) is 0 Å². The van der Waals surface area contributed by atoms with Crippen molar-refractivity contribution in [1.82, 2.24) is 19.5 Å². The zero-order chi connectivity index (χ0) is 37.0. The lowest BCUT2D eigenvalue weighted by molar-refractivity contribution is 0.669. The molecule has 0 radical (unpaired) electrons. The predicted octanol–water partition coefficient (Wildman–Crippen LogP) is 13.2. The fourth-order valence-electron chi connectivity index (χ4n) is 7.98. The normalized spacial score (nSPS) is 11.6. The Kier molecular flexibility index (Phi) is 7.42. The summed E-state index contributed by atoms with van der Waals surface area (Å²) in [6.45, 7) is 0. The van der Waals surface area contributed by atoms with Crippen molar-refractivity contribution in [2.75, 3.05) is 0 Å². The van der Waals surface area contributed by atoms with Crippen molar-refractivity contribution >= 4 is 43.7 Å². The second kappa shape index (κ2) is 13.0. The van der Waals surface area contributed by atoms with E-state index >= 15 is 0 Å². The van der Waals surface area contributed by atoms with Crippen LogP contribution in [0, 0.1) is 0 Å². The van der Waals surface area contributed by atoms with Gasteiger partial charge < -0.3 is 8.98 Å². The van der Waals surface area contributed by atoms with Gasteiger partial charge in [0.05, 0.1) is 11.0 Å². The topological polar surface area (TPSA) is 56.7 Å². The van der Waals surface area contributed by atoms with Gasteiger partial charge in [-0.15, -0.1) is 0 Å². The third kappa shape index (κ3) is 5.37. The SMILES string of the molecule is c1ccc(-c2ccc(-c3nc(-c4ccc(-c5ccccc5)cc4)nc(-c4cccc5c4c4ccccc4n5-c4ccc5oc6ccccc6c5c4)n3)cc2)cc1. The molecule has 0 saturated heterocycles. The smallest absolute Gasteiger partial charge is 0.164 e. The molecule has 0 atom stereocenters. The summed E-state index contributed by atoms with van der Waals surface area (Å²) in [6, 6.07) is 67.4. The minimum absolute atomic E-state index is 0.619. The lowest BCUT2D eigenvalue weighted by atomic mass is 10.0. The second-order valence-corrected chi connectivity index (χ2v) is 14.0. The molecule has 8 aromatic carbocycles. The summed E-state index contributed by atoms with van der Waals surface area (Å²) in [5.74, 6) is 1.86. The lowest BCUT2D eigenvalue weighted by Crippen LogP contribution is -2.00. The van der Waals surface area contributed by atoms with Gasteiger partial charge in [0, 0.05) is 43.9 Å². The van der Waals surface area contributed by atoms with E-state index in [0.29, 0.717) is 17.5 Å². The van der Waals surface area contributed by atoms with Gasteiger partial charge in [-0.25, -0.2) is 15.0 Å². The van der Waals surface area contributed by atoms with Gasteiger partial charge in [-0.1, -0.05) is 158 Å². The number of nitrogens with zero attached hydrogens (tertiary/aromatic N) is 4. The molecule has 0 aliphatic carbocycles. The number of fused-ring (bicyclic) bond motifs is 6. The van der Waals surface area contributed by atoms with Crippen LogP contribution in [0.4, 0.5) is 0 Å². The number of aromatic nitrogens is 4. The first-order valence-electron chi connectivity index (χ1n) is 18.8. The molecule has 0 amide bonds. The lowest BCUT2D eigenvalue weighted by Gasteiger charge is -2.11. The number of para-hydroxylation sites is 2. The Morgan fingerprint density at radius 1 is 0.339 bits per heavy atom. The van der Waals surface area contributed by atoms with Crippen LogP contribution in [0.2, 0.25) is 0 Å². The Balaban J connectivity index is 1.10. The van der Waals surface area contributed by atoms with Crippen molar-refractivity contribution in [2.45, 2.75) is 0 Å². The first-order valence-corrected chi connectivity index (χ1v) is 18.8. The molecule has 262 valence electrons. The van der Waals surface area contributed by atoms with E-state index in [-0.39, 0.29) is 0 Å². The summed E-state index contributed by atoms with van der Waals surface area (Å²) in [6.07, 6.45) is 0. The van der Waals surface area contributed by atoms with Crippen LogP contribution in [0.5, 0.6) is 0 Å². The molecule has 0 bridgehead atoms. The average Bonchev–Trinajstić information content (AvgIpc) is 3.82. The molecule has 0 N–H and O–H groups in total. The van der Waals surface area contributed by atoms with E-state index in [1.54, 1.807) is 0 Å². The Morgan fingerprint density at radius 3 is 1.50 bits per heavy atom. The Morgan fingerprint density at radius 2 is 0.839 bits per heavy atom. The first kappa shape index (κ1) is 31.9. The summed E-state index contributed by atoms with van der Waals surface area (Å²) >= 11 is 0. The number of furan rings is 1. The minimum Gasteiger partial charge on any atom is -0.456 e. The van der Waals surface area contributed by atoms with Crippen molar-refractivity contribution < 1.29 is 4.42 Å². The maximum atomic E-state index is 6.20. The maximum absolute atomic E-state index is 6.20. The Hall–Kier alpha value is -7.63. The quantitative estimate of drug-likeness (QED) is 0.172. The molecule has 0 unspecified atom stereocenters. The van der Waals surface area contributed by atoms with Crippen LogP contribution in [0.3, 0.4) is 0 Å².